The number of rotatable bonds is 3. The molecular weight excluding hydrogens is 392 g/mol. The van der Waals surface area contributed by atoms with Crippen LogP contribution in [0.1, 0.15) is 18.2 Å². The second-order valence-electron chi connectivity index (χ2n) is 5.00. The maximum absolute atomic E-state index is 11.2. The number of nitrogens with zero attached hydrogens (tertiary/aromatic N) is 2. The fraction of sp³-hybridized carbons (Fsp3) is 0.0556. The summed E-state index contributed by atoms with van der Waals surface area (Å²) < 4.78 is 6.08. The Morgan fingerprint density at radius 1 is 1.12 bits per heavy atom. The van der Waals surface area contributed by atoms with E-state index >= 15 is 0 Å². The largest absolute Gasteiger partial charge is 0.426 e. The smallest absolute Gasteiger partial charge is 0.308 e. The highest BCUT2D eigenvalue weighted by Crippen LogP contribution is 2.26. The molecule has 0 fully saturated rings. The number of halogens is 2. The van der Waals surface area contributed by atoms with Gasteiger partial charge in [0.2, 0.25) is 0 Å². The van der Waals surface area contributed by atoms with Crippen molar-refractivity contribution >= 4 is 56.7 Å². The third-order valence-electron chi connectivity index (χ3n) is 3.20. The average molecular weight is 404 g/mol. The summed E-state index contributed by atoms with van der Waals surface area (Å²) in [6, 6.07) is 12.9. The lowest BCUT2D eigenvalue weighted by Crippen LogP contribution is -2.02. The van der Waals surface area contributed by atoms with E-state index in [-0.39, 0.29) is 5.97 Å². The van der Waals surface area contributed by atoms with Gasteiger partial charge in [0.05, 0.1) is 11.0 Å². The van der Waals surface area contributed by atoms with Gasteiger partial charge in [-0.25, -0.2) is 9.97 Å². The molecular formula is C18H12BrClN2O2. The molecule has 0 aliphatic carbocycles. The van der Waals surface area contributed by atoms with Gasteiger partial charge in [-0.2, -0.15) is 0 Å². The van der Waals surface area contributed by atoms with Gasteiger partial charge in [0, 0.05) is 17.0 Å². The Morgan fingerprint density at radius 2 is 1.83 bits per heavy atom. The van der Waals surface area contributed by atoms with Crippen molar-refractivity contribution < 1.29 is 9.53 Å². The summed E-state index contributed by atoms with van der Waals surface area (Å²) in [6.45, 7) is 1.36. The zero-order valence-corrected chi connectivity index (χ0v) is 15.0. The van der Waals surface area contributed by atoms with Gasteiger partial charge in [-0.3, -0.25) is 4.79 Å². The minimum absolute atomic E-state index is 0.314. The first-order valence-corrected chi connectivity index (χ1v) is 8.28. The first-order valence-electron chi connectivity index (χ1n) is 7.11. The number of carbonyl (C=O) groups is 1. The van der Waals surface area contributed by atoms with E-state index < -0.39 is 0 Å². The highest BCUT2D eigenvalue weighted by molar-refractivity contribution is 9.10. The van der Waals surface area contributed by atoms with E-state index in [1.54, 1.807) is 24.3 Å². The molecule has 0 atom stereocenters. The van der Waals surface area contributed by atoms with Gasteiger partial charge >= 0.3 is 5.97 Å². The minimum Gasteiger partial charge on any atom is -0.426 e. The second kappa shape index (κ2) is 7.11. The van der Waals surface area contributed by atoms with Gasteiger partial charge in [-0.05, 0) is 42.5 Å². The molecule has 0 radical (unpaired) electrons. The van der Waals surface area contributed by atoms with Gasteiger partial charge < -0.3 is 4.74 Å². The summed E-state index contributed by atoms with van der Waals surface area (Å²) in [5, 5.41) is 0.314. The lowest BCUT2D eigenvalue weighted by atomic mass is 10.1. The Morgan fingerprint density at radius 3 is 2.54 bits per heavy atom. The molecule has 1 aromatic heterocycles. The molecule has 0 unspecified atom stereocenters. The Labute approximate surface area is 152 Å². The number of carbonyl (C=O) groups excluding carboxylic acids is 1. The normalized spacial score (nSPS) is 11.1. The number of esters is 1. The third-order valence-corrected chi connectivity index (χ3v) is 3.97. The van der Waals surface area contributed by atoms with Crippen molar-refractivity contribution in [3.63, 3.8) is 0 Å². The topological polar surface area (TPSA) is 52.1 Å². The summed E-state index contributed by atoms with van der Waals surface area (Å²) in [5.41, 5.74) is 2.77. The zero-order valence-electron chi connectivity index (χ0n) is 12.7. The third kappa shape index (κ3) is 3.80. The van der Waals surface area contributed by atoms with Crippen LogP contribution in [-0.4, -0.2) is 15.9 Å². The van der Waals surface area contributed by atoms with E-state index in [1.807, 2.05) is 30.3 Å². The molecule has 3 aromatic rings. The quantitative estimate of drug-likeness (QED) is 0.449. The van der Waals surface area contributed by atoms with Crippen LogP contribution in [0.2, 0.25) is 5.15 Å². The number of ether oxygens (including phenoxy) is 1. The molecule has 3 rings (SSSR count). The van der Waals surface area contributed by atoms with Crippen LogP contribution in [0.15, 0.2) is 46.9 Å². The van der Waals surface area contributed by atoms with Gasteiger partial charge in [-0.15, -0.1) is 0 Å². The summed E-state index contributed by atoms with van der Waals surface area (Å²) in [6.07, 6.45) is 3.53. The summed E-state index contributed by atoms with van der Waals surface area (Å²) in [5.74, 6) is 0.0855. The maximum atomic E-state index is 11.2. The lowest BCUT2D eigenvalue weighted by molar-refractivity contribution is -0.131. The molecule has 0 saturated heterocycles. The molecule has 0 amide bonds. The molecule has 0 N–H and O–H groups in total. The first kappa shape index (κ1) is 16.6. The van der Waals surface area contributed by atoms with Gasteiger partial charge in [0.15, 0.2) is 5.15 Å². The van der Waals surface area contributed by atoms with Crippen LogP contribution in [0.25, 0.3) is 23.2 Å². The van der Waals surface area contributed by atoms with E-state index in [0.29, 0.717) is 16.6 Å². The van der Waals surface area contributed by atoms with Crippen LogP contribution in [0, 0.1) is 0 Å². The number of hydrogen-bond donors (Lipinski definition) is 0. The Hall–Kier alpha value is -2.24. The molecule has 0 spiro atoms. The molecule has 1 heterocycles. The first-order chi connectivity index (χ1) is 11.5. The number of para-hydroxylation sites is 2. The zero-order chi connectivity index (χ0) is 17.1. The van der Waals surface area contributed by atoms with Crippen LogP contribution >= 0.6 is 27.5 Å². The van der Waals surface area contributed by atoms with Crippen molar-refractivity contribution in [2.24, 2.45) is 0 Å². The second-order valence-corrected chi connectivity index (χ2v) is 6.27. The fourth-order valence-electron chi connectivity index (χ4n) is 2.16. The molecule has 6 heteroatoms. The van der Waals surface area contributed by atoms with Crippen molar-refractivity contribution in [2.45, 2.75) is 6.92 Å². The SMILES string of the molecule is CC(=O)Oc1ccc(Br)cc1C=Cc1nc2ccccc2nc1Cl. The van der Waals surface area contributed by atoms with Gasteiger partial charge in [0.1, 0.15) is 11.4 Å². The number of hydrogen-bond acceptors (Lipinski definition) is 4. The molecule has 120 valence electrons. The van der Waals surface area contributed by atoms with Crippen molar-refractivity contribution in [3.8, 4) is 5.75 Å². The molecule has 0 aliphatic heterocycles. The molecule has 4 nitrogen and oxygen atoms in total. The summed E-state index contributed by atoms with van der Waals surface area (Å²) in [7, 11) is 0. The number of benzene rings is 2. The summed E-state index contributed by atoms with van der Waals surface area (Å²) in [4.78, 5) is 20.1. The average Bonchev–Trinajstić information content (AvgIpc) is 2.54. The van der Waals surface area contributed by atoms with E-state index in [9.17, 15) is 4.79 Å². The van der Waals surface area contributed by atoms with Gasteiger partial charge in [0.25, 0.3) is 0 Å². The van der Waals surface area contributed by atoms with Crippen LogP contribution in [0.5, 0.6) is 5.75 Å². The predicted molar refractivity (Wildman–Crippen MR) is 98.9 cm³/mol. The van der Waals surface area contributed by atoms with Crippen LogP contribution in [-0.2, 0) is 4.79 Å². The molecule has 0 bridgehead atoms. The van der Waals surface area contributed by atoms with Crippen LogP contribution < -0.4 is 4.74 Å². The Bertz CT molecular complexity index is 957. The Kier molecular flexibility index (Phi) is 4.92. The predicted octanol–water partition coefficient (Wildman–Crippen LogP) is 5.14. The highest BCUT2D eigenvalue weighted by atomic mass is 79.9. The molecule has 2 aromatic carbocycles. The van der Waals surface area contributed by atoms with E-state index in [0.717, 1.165) is 21.1 Å². The maximum Gasteiger partial charge on any atom is 0.308 e. The van der Waals surface area contributed by atoms with E-state index in [4.69, 9.17) is 16.3 Å². The van der Waals surface area contributed by atoms with Crippen molar-refractivity contribution in [1.29, 1.82) is 0 Å². The standard InChI is InChI=1S/C18H12BrClN2O2/c1-11(23)24-17-9-7-13(19)10-12(17)6-8-16-18(20)22-15-5-3-2-4-14(15)21-16/h2-10H,1H3. The fourth-order valence-corrected chi connectivity index (χ4v) is 2.74. The van der Waals surface area contributed by atoms with Crippen molar-refractivity contribution in [1.82, 2.24) is 9.97 Å². The Balaban J connectivity index is 2.00. The van der Waals surface area contributed by atoms with Gasteiger partial charge in [-0.1, -0.05) is 39.7 Å². The van der Waals surface area contributed by atoms with Crippen molar-refractivity contribution in [3.05, 3.63) is 63.3 Å². The highest BCUT2D eigenvalue weighted by Gasteiger charge is 2.07. The summed E-state index contributed by atoms with van der Waals surface area (Å²) >= 11 is 9.61. The lowest BCUT2D eigenvalue weighted by Gasteiger charge is -2.06. The molecule has 0 saturated carbocycles. The minimum atomic E-state index is -0.379. The van der Waals surface area contributed by atoms with Crippen LogP contribution in [0.3, 0.4) is 0 Å². The van der Waals surface area contributed by atoms with Crippen LogP contribution in [0.4, 0.5) is 0 Å². The van der Waals surface area contributed by atoms with E-state index in [2.05, 4.69) is 25.9 Å². The molecule has 24 heavy (non-hydrogen) atoms. The number of fused-ring (bicyclic) bond motifs is 1. The monoisotopic (exact) mass is 402 g/mol. The van der Waals surface area contributed by atoms with E-state index in [1.165, 1.54) is 6.92 Å². The number of aromatic nitrogens is 2. The van der Waals surface area contributed by atoms with Crippen molar-refractivity contribution in [2.75, 3.05) is 0 Å². The molecule has 0 aliphatic rings.